The van der Waals surface area contributed by atoms with Crippen molar-refractivity contribution in [1.82, 2.24) is 19.9 Å². The molecule has 0 aliphatic rings. The van der Waals surface area contributed by atoms with Gasteiger partial charge in [-0.15, -0.1) is 0 Å². The fourth-order valence-electron chi connectivity index (χ4n) is 1.34. The molecule has 0 aliphatic heterocycles. The largest absolute Gasteiger partial charge is 0.319 e. The third kappa shape index (κ3) is 1.71. The summed E-state index contributed by atoms with van der Waals surface area (Å²) >= 11 is 5.80. The number of nitrogens with one attached hydrogen (secondary N) is 1. The van der Waals surface area contributed by atoms with Gasteiger partial charge in [-0.25, -0.2) is 9.50 Å². The van der Waals surface area contributed by atoms with Gasteiger partial charge in [0.25, 0.3) is 0 Å². The van der Waals surface area contributed by atoms with Crippen molar-refractivity contribution >= 4 is 17.2 Å². The zero-order chi connectivity index (χ0) is 9.97. The number of halogens is 1. The first kappa shape index (κ1) is 9.43. The molecular formula is C9H11ClN4. The Kier molecular flexibility index (Phi) is 2.65. The van der Waals surface area contributed by atoms with E-state index in [9.17, 15) is 0 Å². The van der Waals surface area contributed by atoms with Crippen LogP contribution in [0.3, 0.4) is 0 Å². The third-order valence-electron chi connectivity index (χ3n) is 2.04. The minimum atomic E-state index is 0.598. The summed E-state index contributed by atoms with van der Waals surface area (Å²) in [5.41, 5.74) is 2.01. The van der Waals surface area contributed by atoms with Gasteiger partial charge in [0, 0.05) is 11.8 Å². The number of likely N-dealkylation sites (N-methyl/N-ethyl adjacent to an activating group) is 1. The fourth-order valence-corrected chi connectivity index (χ4v) is 1.48. The average Bonchev–Trinajstić information content (AvgIpc) is 2.57. The summed E-state index contributed by atoms with van der Waals surface area (Å²) in [6.07, 6.45) is 6.15. The summed E-state index contributed by atoms with van der Waals surface area (Å²) in [5.74, 6) is 0. The van der Waals surface area contributed by atoms with Crippen LogP contribution < -0.4 is 5.32 Å². The van der Waals surface area contributed by atoms with E-state index in [2.05, 4.69) is 15.4 Å². The first-order chi connectivity index (χ1) is 6.81. The van der Waals surface area contributed by atoms with E-state index in [0.717, 1.165) is 24.2 Å². The molecule has 14 heavy (non-hydrogen) atoms. The molecule has 0 aromatic carbocycles. The quantitative estimate of drug-likeness (QED) is 0.827. The third-order valence-corrected chi connectivity index (χ3v) is 2.24. The van der Waals surface area contributed by atoms with E-state index >= 15 is 0 Å². The van der Waals surface area contributed by atoms with Crippen LogP contribution in [-0.2, 0) is 6.42 Å². The van der Waals surface area contributed by atoms with Crippen LogP contribution in [0.2, 0.25) is 5.02 Å². The van der Waals surface area contributed by atoms with Crippen LogP contribution in [0.4, 0.5) is 0 Å². The van der Waals surface area contributed by atoms with Gasteiger partial charge in [-0.1, -0.05) is 11.6 Å². The Bertz CT molecular complexity index is 437. The Labute approximate surface area is 86.9 Å². The van der Waals surface area contributed by atoms with Gasteiger partial charge in [0.2, 0.25) is 0 Å². The molecule has 0 aliphatic carbocycles. The molecule has 2 aromatic rings. The van der Waals surface area contributed by atoms with Crippen molar-refractivity contribution in [2.45, 2.75) is 6.42 Å². The molecule has 0 atom stereocenters. The van der Waals surface area contributed by atoms with Gasteiger partial charge < -0.3 is 5.32 Å². The van der Waals surface area contributed by atoms with E-state index in [-0.39, 0.29) is 0 Å². The van der Waals surface area contributed by atoms with E-state index in [1.54, 1.807) is 16.9 Å². The molecule has 4 nitrogen and oxygen atoms in total. The van der Waals surface area contributed by atoms with Crippen molar-refractivity contribution in [2.75, 3.05) is 13.6 Å². The van der Waals surface area contributed by atoms with Crippen molar-refractivity contribution in [3.05, 3.63) is 29.2 Å². The molecule has 0 amide bonds. The van der Waals surface area contributed by atoms with Crippen molar-refractivity contribution < 1.29 is 0 Å². The van der Waals surface area contributed by atoms with Crippen LogP contribution >= 0.6 is 11.6 Å². The lowest BCUT2D eigenvalue weighted by molar-refractivity contribution is 0.793. The molecule has 0 fully saturated rings. The second-order valence-corrected chi connectivity index (χ2v) is 3.50. The zero-order valence-corrected chi connectivity index (χ0v) is 8.62. The van der Waals surface area contributed by atoms with Crippen molar-refractivity contribution in [2.24, 2.45) is 0 Å². The summed E-state index contributed by atoms with van der Waals surface area (Å²) in [7, 11) is 1.93. The standard InChI is InChI=1S/C9H11ClN4/c1-11-3-2-7-4-13-14-6-8(10)5-12-9(7)14/h4-6,11H,2-3H2,1H3. The van der Waals surface area contributed by atoms with Gasteiger partial charge in [0.15, 0.2) is 5.65 Å². The van der Waals surface area contributed by atoms with Crippen LogP contribution in [0.25, 0.3) is 5.65 Å². The van der Waals surface area contributed by atoms with Crippen LogP contribution in [0, 0.1) is 0 Å². The van der Waals surface area contributed by atoms with Gasteiger partial charge in [-0.05, 0) is 20.0 Å². The average molecular weight is 211 g/mol. The Balaban J connectivity index is 2.37. The second kappa shape index (κ2) is 3.94. The number of hydrogen-bond acceptors (Lipinski definition) is 3. The number of fused-ring (bicyclic) bond motifs is 1. The van der Waals surface area contributed by atoms with Crippen LogP contribution in [-0.4, -0.2) is 28.2 Å². The van der Waals surface area contributed by atoms with Gasteiger partial charge >= 0.3 is 0 Å². The summed E-state index contributed by atoms with van der Waals surface area (Å²) in [6, 6.07) is 0. The normalized spacial score (nSPS) is 11.0. The molecule has 0 radical (unpaired) electrons. The monoisotopic (exact) mass is 210 g/mol. The lowest BCUT2D eigenvalue weighted by Crippen LogP contribution is -2.10. The second-order valence-electron chi connectivity index (χ2n) is 3.06. The molecule has 0 saturated carbocycles. The van der Waals surface area contributed by atoms with E-state index in [1.807, 2.05) is 13.2 Å². The Morgan fingerprint density at radius 2 is 2.36 bits per heavy atom. The zero-order valence-electron chi connectivity index (χ0n) is 7.87. The SMILES string of the molecule is CNCCc1cnn2cc(Cl)cnc12. The van der Waals surface area contributed by atoms with Crippen molar-refractivity contribution in [3.8, 4) is 0 Å². The molecule has 0 saturated heterocycles. The van der Waals surface area contributed by atoms with Gasteiger partial charge in [-0.3, -0.25) is 0 Å². The number of aromatic nitrogens is 3. The molecule has 5 heteroatoms. The highest BCUT2D eigenvalue weighted by atomic mass is 35.5. The minimum absolute atomic E-state index is 0.598. The van der Waals surface area contributed by atoms with Gasteiger partial charge in [0.1, 0.15) is 0 Å². The Hall–Kier alpha value is -1.13. The molecule has 0 spiro atoms. The molecule has 2 heterocycles. The smallest absolute Gasteiger partial charge is 0.158 e. The Morgan fingerprint density at radius 3 is 3.14 bits per heavy atom. The minimum Gasteiger partial charge on any atom is -0.319 e. The molecule has 1 N–H and O–H groups in total. The van der Waals surface area contributed by atoms with Crippen LogP contribution in [0.15, 0.2) is 18.6 Å². The lowest BCUT2D eigenvalue weighted by Gasteiger charge is -1.97. The summed E-state index contributed by atoms with van der Waals surface area (Å²) in [5, 5.41) is 7.86. The predicted octanol–water partition coefficient (Wildman–Crippen LogP) is 1.14. The van der Waals surface area contributed by atoms with E-state index in [0.29, 0.717) is 5.02 Å². The van der Waals surface area contributed by atoms with E-state index in [4.69, 9.17) is 11.6 Å². The molecule has 74 valence electrons. The summed E-state index contributed by atoms with van der Waals surface area (Å²) in [6.45, 7) is 0.922. The topological polar surface area (TPSA) is 42.2 Å². The van der Waals surface area contributed by atoms with Gasteiger partial charge in [0.05, 0.1) is 17.4 Å². The van der Waals surface area contributed by atoms with Crippen molar-refractivity contribution in [1.29, 1.82) is 0 Å². The van der Waals surface area contributed by atoms with Crippen molar-refractivity contribution in [3.63, 3.8) is 0 Å². The number of hydrogen-bond donors (Lipinski definition) is 1. The molecule has 2 rings (SSSR count). The molecule has 0 bridgehead atoms. The highest BCUT2D eigenvalue weighted by Gasteiger charge is 2.04. The number of nitrogens with zero attached hydrogens (tertiary/aromatic N) is 3. The van der Waals surface area contributed by atoms with Crippen LogP contribution in [0.1, 0.15) is 5.56 Å². The summed E-state index contributed by atoms with van der Waals surface area (Å²) < 4.78 is 1.70. The first-order valence-corrected chi connectivity index (χ1v) is 4.81. The Morgan fingerprint density at radius 1 is 1.50 bits per heavy atom. The maximum atomic E-state index is 5.80. The van der Waals surface area contributed by atoms with E-state index in [1.165, 1.54) is 0 Å². The summed E-state index contributed by atoms with van der Waals surface area (Å²) in [4.78, 5) is 4.23. The highest BCUT2D eigenvalue weighted by molar-refractivity contribution is 6.30. The van der Waals surface area contributed by atoms with Gasteiger partial charge in [-0.2, -0.15) is 5.10 Å². The molecule has 0 unspecified atom stereocenters. The van der Waals surface area contributed by atoms with Crippen LogP contribution in [0.5, 0.6) is 0 Å². The first-order valence-electron chi connectivity index (χ1n) is 4.43. The maximum absolute atomic E-state index is 5.80. The van der Waals surface area contributed by atoms with E-state index < -0.39 is 0 Å². The fraction of sp³-hybridized carbons (Fsp3) is 0.333. The highest BCUT2D eigenvalue weighted by Crippen LogP contribution is 2.11. The maximum Gasteiger partial charge on any atom is 0.158 e. The lowest BCUT2D eigenvalue weighted by atomic mass is 10.2. The molecule has 2 aromatic heterocycles. The predicted molar refractivity (Wildman–Crippen MR) is 55.6 cm³/mol. The molecular weight excluding hydrogens is 200 g/mol. The number of rotatable bonds is 3.